The zero-order chi connectivity index (χ0) is 17.9. The van der Waals surface area contributed by atoms with E-state index in [2.05, 4.69) is 16.0 Å². The number of nitrogens with one attached hydrogen (secondary N) is 3. The van der Waals surface area contributed by atoms with Crippen LogP contribution in [-0.4, -0.2) is 51.6 Å². The average molecular weight is 337 g/mol. The number of amides is 3. The summed E-state index contributed by atoms with van der Waals surface area (Å²) in [5, 5.41) is 7.47. The minimum atomic E-state index is -0.729. The molecule has 0 fully saturated rings. The summed E-state index contributed by atoms with van der Waals surface area (Å²) in [4.78, 5) is 33.8. The molecule has 132 valence electrons. The molecule has 3 amide bonds. The number of rotatable bonds is 8. The maximum Gasteiger partial charge on any atom is 0.309 e. The Kier molecular flexibility index (Phi) is 8.10. The molecule has 0 aliphatic carbocycles. The van der Waals surface area contributed by atoms with Crippen LogP contribution in [0.2, 0.25) is 0 Å². The van der Waals surface area contributed by atoms with E-state index >= 15 is 0 Å². The third kappa shape index (κ3) is 6.55. The molecule has 8 nitrogen and oxygen atoms in total. The van der Waals surface area contributed by atoms with Gasteiger partial charge >= 0.3 is 11.8 Å². The molecule has 0 aliphatic heterocycles. The van der Waals surface area contributed by atoms with Crippen molar-refractivity contribution in [1.29, 1.82) is 0 Å². The highest BCUT2D eigenvalue weighted by Gasteiger charge is 2.12. The number of benzene rings is 1. The van der Waals surface area contributed by atoms with Crippen molar-refractivity contribution in [3.8, 4) is 11.5 Å². The smallest absolute Gasteiger partial charge is 0.309 e. The van der Waals surface area contributed by atoms with Gasteiger partial charge in [-0.1, -0.05) is 6.07 Å². The van der Waals surface area contributed by atoms with E-state index in [1.807, 2.05) is 12.1 Å². The third-order valence-corrected chi connectivity index (χ3v) is 3.14. The lowest BCUT2D eigenvalue weighted by molar-refractivity contribution is -0.139. The van der Waals surface area contributed by atoms with Crippen molar-refractivity contribution in [2.75, 3.05) is 33.9 Å². The van der Waals surface area contributed by atoms with Crippen LogP contribution in [0.25, 0.3) is 0 Å². The van der Waals surface area contributed by atoms with Crippen molar-refractivity contribution >= 4 is 17.7 Å². The molecular formula is C16H23N3O5. The molecule has 1 aromatic rings. The number of ether oxygens (including phenoxy) is 2. The van der Waals surface area contributed by atoms with Crippen molar-refractivity contribution in [1.82, 2.24) is 16.0 Å². The van der Waals surface area contributed by atoms with Crippen LogP contribution in [0.1, 0.15) is 12.5 Å². The van der Waals surface area contributed by atoms with Crippen LogP contribution >= 0.6 is 0 Å². The second kappa shape index (κ2) is 10.1. The molecule has 1 aromatic carbocycles. The zero-order valence-corrected chi connectivity index (χ0v) is 14.1. The molecule has 0 spiro atoms. The second-order valence-corrected chi connectivity index (χ2v) is 4.93. The molecular weight excluding hydrogens is 314 g/mol. The van der Waals surface area contributed by atoms with Gasteiger partial charge in [0.05, 0.1) is 14.2 Å². The summed E-state index contributed by atoms with van der Waals surface area (Å²) in [5.41, 5.74) is 0.944. The van der Waals surface area contributed by atoms with Gasteiger partial charge in [-0.05, 0) is 24.1 Å². The summed E-state index contributed by atoms with van der Waals surface area (Å²) in [6, 6.07) is 5.46. The lowest BCUT2D eigenvalue weighted by atomic mass is 10.1. The van der Waals surface area contributed by atoms with Gasteiger partial charge in [-0.2, -0.15) is 0 Å². The molecule has 0 unspecified atom stereocenters. The summed E-state index contributed by atoms with van der Waals surface area (Å²) in [5.74, 6) is -0.393. The molecule has 0 atom stereocenters. The highest BCUT2D eigenvalue weighted by molar-refractivity contribution is 6.35. The first kappa shape index (κ1) is 19.3. The molecule has 0 radical (unpaired) electrons. The predicted octanol–water partition coefficient (Wildman–Crippen LogP) is -0.385. The third-order valence-electron chi connectivity index (χ3n) is 3.14. The van der Waals surface area contributed by atoms with Gasteiger partial charge in [0.25, 0.3) is 0 Å². The summed E-state index contributed by atoms with van der Waals surface area (Å²) < 4.78 is 10.4. The maximum atomic E-state index is 11.6. The van der Waals surface area contributed by atoms with E-state index in [1.165, 1.54) is 6.92 Å². The first-order valence-electron chi connectivity index (χ1n) is 7.49. The van der Waals surface area contributed by atoms with Crippen LogP contribution in [0, 0.1) is 0 Å². The second-order valence-electron chi connectivity index (χ2n) is 4.93. The molecule has 8 heteroatoms. The number of hydrogen-bond donors (Lipinski definition) is 3. The molecule has 0 aromatic heterocycles. The van der Waals surface area contributed by atoms with Crippen molar-refractivity contribution in [2.45, 2.75) is 13.3 Å². The van der Waals surface area contributed by atoms with Gasteiger partial charge in [-0.3, -0.25) is 14.4 Å². The highest BCUT2D eigenvalue weighted by atomic mass is 16.5. The van der Waals surface area contributed by atoms with Crippen LogP contribution in [-0.2, 0) is 20.8 Å². The van der Waals surface area contributed by atoms with Crippen molar-refractivity contribution in [3.05, 3.63) is 23.8 Å². The number of methoxy groups -OCH3 is 2. The molecule has 0 bridgehead atoms. The summed E-state index contributed by atoms with van der Waals surface area (Å²) in [6.45, 7) is 2.16. The summed E-state index contributed by atoms with van der Waals surface area (Å²) in [7, 11) is 3.11. The molecule has 0 heterocycles. The molecule has 0 saturated heterocycles. The minimum Gasteiger partial charge on any atom is -0.493 e. The monoisotopic (exact) mass is 337 g/mol. The van der Waals surface area contributed by atoms with Crippen molar-refractivity contribution in [3.63, 3.8) is 0 Å². The summed E-state index contributed by atoms with van der Waals surface area (Å²) in [6.07, 6.45) is 0.547. The number of carbonyl (C=O) groups is 3. The van der Waals surface area contributed by atoms with E-state index in [9.17, 15) is 14.4 Å². The van der Waals surface area contributed by atoms with E-state index in [-0.39, 0.29) is 19.0 Å². The fraction of sp³-hybridized carbons (Fsp3) is 0.438. The van der Waals surface area contributed by atoms with Crippen LogP contribution in [0.3, 0.4) is 0 Å². The summed E-state index contributed by atoms with van der Waals surface area (Å²) >= 11 is 0. The van der Waals surface area contributed by atoms with Gasteiger partial charge < -0.3 is 25.4 Å². The molecule has 0 saturated carbocycles. The Labute approximate surface area is 140 Å². The van der Waals surface area contributed by atoms with E-state index in [4.69, 9.17) is 9.47 Å². The highest BCUT2D eigenvalue weighted by Crippen LogP contribution is 2.27. The van der Waals surface area contributed by atoms with E-state index in [0.29, 0.717) is 24.5 Å². The van der Waals surface area contributed by atoms with Crippen LogP contribution in [0.15, 0.2) is 18.2 Å². The van der Waals surface area contributed by atoms with Gasteiger partial charge in [0.15, 0.2) is 11.5 Å². The standard InChI is InChI=1S/C16H23N3O5/c1-11(20)17-8-9-19-16(22)15(21)18-7-6-12-4-5-13(23-2)14(10-12)24-3/h4-5,10H,6-9H2,1-3H3,(H,17,20)(H,18,21)(H,19,22). The Morgan fingerprint density at radius 2 is 1.46 bits per heavy atom. The molecule has 24 heavy (non-hydrogen) atoms. The maximum absolute atomic E-state index is 11.6. The molecule has 0 aliphatic rings. The number of hydrogen-bond acceptors (Lipinski definition) is 5. The van der Waals surface area contributed by atoms with Gasteiger partial charge in [-0.25, -0.2) is 0 Å². The average Bonchev–Trinajstić information content (AvgIpc) is 2.57. The quantitative estimate of drug-likeness (QED) is 0.443. The van der Waals surface area contributed by atoms with Crippen molar-refractivity contribution in [2.24, 2.45) is 0 Å². The van der Waals surface area contributed by atoms with Crippen LogP contribution < -0.4 is 25.4 Å². The van der Waals surface area contributed by atoms with E-state index < -0.39 is 11.8 Å². The van der Waals surface area contributed by atoms with E-state index in [0.717, 1.165) is 5.56 Å². The van der Waals surface area contributed by atoms with Crippen molar-refractivity contribution < 1.29 is 23.9 Å². The fourth-order valence-electron chi connectivity index (χ4n) is 1.93. The van der Waals surface area contributed by atoms with Crippen LogP contribution in [0.5, 0.6) is 11.5 Å². The topological polar surface area (TPSA) is 106 Å². The lowest BCUT2D eigenvalue weighted by Gasteiger charge is -2.10. The Bertz CT molecular complexity index is 589. The predicted molar refractivity (Wildman–Crippen MR) is 88.0 cm³/mol. The largest absolute Gasteiger partial charge is 0.493 e. The molecule has 3 N–H and O–H groups in total. The zero-order valence-electron chi connectivity index (χ0n) is 14.1. The Balaban J connectivity index is 2.34. The normalized spacial score (nSPS) is 9.79. The minimum absolute atomic E-state index is 0.191. The first-order chi connectivity index (χ1) is 11.5. The Hall–Kier alpha value is -2.77. The Morgan fingerprint density at radius 3 is 2.04 bits per heavy atom. The molecule has 1 rings (SSSR count). The van der Waals surface area contributed by atoms with Crippen LogP contribution in [0.4, 0.5) is 0 Å². The number of carbonyl (C=O) groups excluding carboxylic acids is 3. The Morgan fingerprint density at radius 1 is 0.875 bits per heavy atom. The first-order valence-corrected chi connectivity index (χ1v) is 7.49. The van der Waals surface area contributed by atoms with E-state index in [1.54, 1.807) is 20.3 Å². The lowest BCUT2D eigenvalue weighted by Crippen LogP contribution is -2.43. The van der Waals surface area contributed by atoms with Gasteiger partial charge in [0.1, 0.15) is 0 Å². The van der Waals surface area contributed by atoms with Gasteiger partial charge in [-0.15, -0.1) is 0 Å². The fourth-order valence-corrected chi connectivity index (χ4v) is 1.93. The SMILES string of the molecule is COc1ccc(CCNC(=O)C(=O)NCCNC(C)=O)cc1OC. The van der Waals surface area contributed by atoms with Gasteiger partial charge in [0.2, 0.25) is 5.91 Å². The van der Waals surface area contributed by atoms with Gasteiger partial charge in [0, 0.05) is 26.6 Å².